The highest BCUT2D eigenvalue weighted by atomic mass is 32.1. The number of carbonyl (C=O) groups is 1. The third-order valence-electron chi connectivity index (χ3n) is 2.97. The second-order valence-corrected chi connectivity index (χ2v) is 5.33. The van der Waals surface area contributed by atoms with Crippen LogP contribution in [0, 0.1) is 0 Å². The number of rotatable bonds is 5. The summed E-state index contributed by atoms with van der Waals surface area (Å²) in [7, 11) is 0. The number of nitrogens with one attached hydrogen (secondary N) is 1. The highest BCUT2D eigenvalue weighted by Gasteiger charge is 2.08. The lowest BCUT2D eigenvalue weighted by Crippen LogP contribution is -2.06. The normalized spacial score (nSPS) is 10.7. The van der Waals surface area contributed by atoms with Gasteiger partial charge >= 0.3 is 5.97 Å². The van der Waals surface area contributed by atoms with Gasteiger partial charge in [-0.2, -0.15) is 10.2 Å². The number of hydrogen-bond acceptors (Lipinski definition) is 6. The Labute approximate surface area is 124 Å². The van der Waals surface area contributed by atoms with Gasteiger partial charge in [0, 0.05) is 23.7 Å². The maximum absolute atomic E-state index is 10.8. The molecule has 0 atom stereocenters. The average molecular weight is 300 g/mol. The van der Waals surface area contributed by atoms with E-state index in [9.17, 15) is 4.79 Å². The lowest BCUT2D eigenvalue weighted by atomic mass is 10.2. The first kappa shape index (κ1) is 13.4. The van der Waals surface area contributed by atoms with E-state index in [0.29, 0.717) is 13.0 Å². The van der Waals surface area contributed by atoms with Crippen LogP contribution in [0.5, 0.6) is 0 Å². The largest absolute Gasteiger partial charge is 0.476 e. The summed E-state index contributed by atoms with van der Waals surface area (Å²) in [6.45, 7) is 0.655. The molecule has 2 N–H and O–H groups in total. The molecule has 6 nitrogen and oxygen atoms in total. The van der Waals surface area contributed by atoms with Crippen molar-refractivity contribution in [1.82, 2.24) is 15.2 Å². The number of anilines is 1. The average Bonchev–Trinajstić information content (AvgIpc) is 2.97. The van der Waals surface area contributed by atoms with Crippen molar-refractivity contribution in [3.8, 4) is 0 Å². The molecule has 0 saturated carbocycles. The van der Waals surface area contributed by atoms with Gasteiger partial charge in [-0.3, -0.25) is 0 Å². The summed E-state index contributed by atoms with van der Waals surface area (Å²) in [6, 6.07) is 7.77. The molecule has 0 radical (unpaired) electrons. The van der Waals surface area contributed by atoms with Crippen LogP contribution in [-0.2, 0) is 6.42 Å². The van der Waals surface area contributed by atoms with Crippen molar-refractivity contribution in [3.05, 3.63) is 46.5 Å². The highest BCUT2D eigenvalue weighted by Crippen LogP contribution is 2.19. The summed E-state index contributed by atoms with van der Waals surface area (Å²) >= 11 is 1.36. The summed E-state index contributed by atoms with van der Waals surface area (Å²) in [5.41, 5.74) is 1.85. The molecule has 7 heteroatoms. The predicted molar refractivity (Wildman–Crippen MR) is 80.8 cm³/mol. The van der Waals surface area contributed by atoms with E-state index < -0.39 is 5.97 Å². The molecule has 0 aliphatic carbocycles. The summed E-state index contributed by atoms with van der Waals surface area (Å²) in [5.74, 6) is -0.991. The molecule has 0 aliphatic heterocycles. The number of fused-ring (bicyclic) bond motifs is 1. The summed E-state index contributed by atoms with van der Waals surface area (Å²) in [5, 5.41) is 23.5. The van der Waals surface area contributed by atoms with Crippen LogP contribution in [0.3, 0.4) is 0 Å². The Bertz CT molecular complexity index is 782. The second kappa shape index (κ2) is 5.84. The molecular weight excluding hydrogens is 288 g/mol. The zero-order valence-corrected chi connectivity index (χ0v) is 11.8. The maximum Gasteiger partial charge on any atom is 0.355 e. The van der Waals surface area contributed by atoms with E-state index in [1.54, 1.807) is 11.6 Å². The molecule has 3 aromatic rings. The van der Waals surface area contributed by atoms with Crippen LogP contribution in [0.15, 0.2) is 35.8 Å². The van der Waals surface area contributed by atoms with Crippen molar-refractivity contribution < 1.29 is 9.90 Å². The van der Waals surface area contributed by atoms with E-state index in [2.05, 4.69) is 20.5 Å². The smallest absolute Gasteiger partial charge is 0.355 e. The zero-order chi connectivity index (χ0) is 14.7. The van der Waals surface area contributed by atoms with Crippen molar-refractivity contribution >= 4 is 33.9 Å². The van der Waals surface area contributed by atoms with E-state index in [-0.39, 0.29) is 5.69 Å². The number of nitrogens with zero attached hydrogens (tertiary/aromatic N) is 3. The SMILES string of the molecule is O=C(O)c1csc(CCNc2cnnc3ccccc23)n1. The van der Waals surface area contributed by atoms with Gasteiger partial charge in [0.2, 0.25) is 0 Å². The lowest BCUT2D eigenvalue weighted by molar-refractivity contribution is 0.0691. The molecule has 21 heavy (non-hydrogen) atoms. The number of aromatic nitrogens is 3. The Kier molecular flexibility index (Phi) is 3.74. The Morgan fingerprint density at radius 3 is 3.00 bits per heavy atom. The third-order valence-corrected chi connectivity index (χ3v) is 3.88. The Balaban J connectivity index is 1.68. The van der Waals surface area contributed by atoms with Crippen molar-refractivity contribution in [2.45, 2.75) is 6.42 Å². The minimum absolute atomic E-state index is 0.103. The molecule has 0 unspecified atom stereocenters. The fraction of sp³-hybridized carbons (Fsp3) is 0.143. The van der Waals surface area contributed by atoms with Gasteiger partial charge in [-0.05, 0) is 6.07 Å². The van der Waals surface area contributed by atoms with E-state index in [0.717, 1.165) is 21.6 Å². The third kappa shape index (κ3) is 2.97. The molecule has 0 fully saturated rings. The van der Waals surface area contributed by atoms with Crippen LogP contribution >= 0.6 is 11.3 Å². The first-order chi connectivity index (χ1) is 10.2. The van der Waals surface area contributed by atoms with Gasteiger partial charge in [0.25, 0.3) is 0 Å². The van der Waals surface area contributed by atoms with Gasteiger partial charge in [0.1, 0.15) is 0 Å². The summed E-state index contributed by atoms with van der Waals surface area (Å²) in [4.78, 5) is 14.8. The fourth-order valence-electron chi connectivity index (χ4n) is 1.98. The number of carboxylic acids is 1. The Hall–Kier alpha value is -2.54. The number of hydrogen-bond donors (Lipinski definition) is 2. The lowest BCUT2D eigenvalue weighted by Gasteiger charge is -2.07. The Morgan fingerprint density at radius 2 is 2.19 bits per heavy atom. The highest BCUT2D eigenvalue weighted by molar-refractivity contribution is 7.09. The van der Waals surface area contributed by atoms with Crippen molar-refractivity contribution in [2.75, 3.05) is 11.9 Å². The van der Waals surface area contributed by atoms with Crippen molar-refractivity contribution in [3.63, 3.8) is 0 Å². The molecule has 0 aliphatic rings. The van der Waals surface area contributed by atoms with Crippen LogP contribution in [0.2, 0.25) is 0 Å². The molecule has 106 valence electrons. The topological polar surface area (TPSA) is 88.0 Å². The minimum atomic E-state index is -0.991. The van der Waals surface area contributed by atoms with Gasteiger partial charge in [-0.1, -0.05) is 18.2 Å². The van der Waals surface area contributed by atoms with Gasteiger partial charge in [0.15, 0.2) is 5.69 Å². The molecule has 0 saturated heterocycles. The first-order valence-corrected chi connectivity index (χ1v) is 7.24. The first-order valence-electron chi connectivity index (χ1n) is 6.36. The molecule has 0 spiro atoms. The molecule has 0 bridgehead atoms. The maximum atomic E-state index is 10.8. The molecule has 3 rings (SSSR count). The Morgan fingerprint density at radius 1 is 1.33 bits per heavy atom. The monoisotopic (exact) mass is 300 g/mol. The molecule has 0 amide bonds. The number of carboxylic acid groups (broad SMARTS) is 1. The fourth-order valence-corrected chi connectivity index (χ4v) is 2.75. The van der Waals surface area contributed by atoms with Crippen LogP contribution in [0.1, 0.15) is 15.5 Å². The number of thiazole rings is 1. The van der Waals surface area contributed by atoms with Gasteiger partial charge in [0.05, 0.1) is 22.4 Å². The quantitative estimate of drug-likeness (QED) is 0.752. The minimum Gasteiger partial charge on any atom is -0.476 e. The summed E-state index contributed by atoms with van der Waals surface area (Å²) in [6.07, 6.45) is 2.35. The van der Waals surface area contributed by atoms with Crippen LogP contribution in [0.4, 0.5) is 5.69 Å². The molecule has 2 heterocycles. The zero-order valence-electron chi connectivity index (χ0n) is 11.0. The van der Waals surface area contributed by atoms with Crippen molar-refractivity contribution in [1.29, 1.82) is 0 Å². The van der Waals surface area contributed by atoms with E-state index in [4.69, 9.17) is 5.11 Å². The van der Waals surface area contributed by atoms with Crippen LogP contribution in [-0.4, -0.2) is 32.8 Å². The van der Waals surface area contributed by atoms with E-state index >= 15 is 0 Å². The van der Waals surface area contributed by atoms with E-state index in [1.807, 2.05) is 24.3 Å². The number of aromatic carboxylic acids is 1. The van der Waals surface area contributed by atoms with Gasteiger partial charge < -0.3 is 10.4 Å². The molecular formula is C14H12N4O2S. The van der Waals surface area contributed by atoms with Gasteiger partial charge in [-0.25, -0.2) is 9.78 Å². The second-order valence-electron chi connectivity index (χ2n) is 4.38. The molecule has 1 aromatic carbocycles. The van der Waals surface area contributed by atoms with E-state index in [1.165, 1.54) is 11.3 Å². The van der Waals surface area contributed by atoms with Crippen LogP contribution < -0.4 is 5.32 Å². The summed E-state index contributed by atoms with van der Waals surface area (Å²) < 4.78 is 0. The number of benzene rings is 1. The predicted octanol–water partition coefficient (Wildman–Crippen LogP) is 2.44. The molecule has 2 aromatic heterocycles. The van der Waals surface area contributed by atoms with Crippen molar-refractivity contribution in [2.24, 2.45) is 0 Å². The van der Waals surface area contributed by atoms with Gasteiger partial charge in [-0.15, -0.1) is 11.3 Å². The standard InChI is InChI=1S/C14H12N4O2S/c19-14(20)12-8-21-13(17-12)5-6-15-11-7-16-18-10-4-2-1-3-9(10)11/h1-4,7-8H,5-6H2,(H,15,18)(H,19,20). The van der Waals surface area contributed by atoms with Crippen LogP contribution in [0.25, 0.3) is 10.9 Å².